The van der Waals surface area contributed by atoms with Gasteiger partial charge >= 0.3 is 0 Å². The van der Waals surface area contributed by atoms with E-state index in [1.54, 1.807) is 0 Å². The molecule has 1 aliphatic rings. The van der Waals surface area contributed by atoms with Crippen LogP contribution in [0.2, 0.25) is 0 Å². The quantitative estimate of drug-likeness (QED) is 0.497. The fourth-order valence-corrected chi connectivity index (χ4v) is 2.36. The standard InChI is InChI=1S/C6H15BO4P2/c1-6(11-13)4(10-12)3(2-8)9-5(6)7/h3-5,8H,2,7,12-13H2,1H3/t3-,4-,5-,6-/m1/s1. The van der Waals surface area contributed by atoms with Crippen molar-refractivity contribution in [1.29, 1.82) is 0 Å². The second kappa shape index (κ2) is 4.52. The zero-order valence-electron chi connectivity index (χ0n) is 7.77. The topological polar surface area (TPSA) is 47.9 Å². The predicted octanol–water partition coefficient (Wildman–Crippen LogP) is -0.923. The van der Waals surface area contributed by atoms with Crippen LogP contribution in [0.25, 0.3) is 0 Å². The van der Waals surface area contributed by atoms with Crippen molar-refractivity contribution in [2.45, 2.75) is 30.7 Å². The maximum Gasteiger partial charge on any atom is 0.143 e. The van der Waals surface area contributed by atoms with Crippen molar-refractivity contribution >= 4 is 26.8 Å². The monoisotopic (exact) mass is 224 g/mol. The van der Waals surface area contributed by atoms with Crippen molar-refractivity contribution < 1.29 is 18.9 Å². The Kier molecular flexibility index (Phi) is 4.12. The van der Waals surface area contributed by atoms with Crippen molar-refractivity contribution in [3.05, 3.63) is 0 Å². The molecule has 4 nitrogen and oxygen atoms in total. The molecule has 6 atom stereocenters. The van der Waals surface area contributed by atoms with E-state index >= 15 is 0 Å². The molecule has 1 fully saturated rings. The Bertz CT molecular complexity index is 184. The van der Waals surface area contributed by atoms with Crippen LogP contribution in [-0.2, 0) is 13.8 Å². The highest BCUT2D eigenvalue weighted by molar-refractivity contribution is 7.10. The molecule has 0 saturated carbocycles. The van der Waals surface area contributed by atoms with Gasteiger partial charge in [-0.3, -0.25) is 0 Å². The molecule has 0 aromatic heterocycles. The number of aliphatic hydroxyl groups excluding tert-OH is 1. The fourth-order valence-electron chi connectivity index (χ4n) is 1.59. The minimum absolute atomic E-state index is 0.0625. The number of hydrogen-bond donors (Lipinski definition) is 1. The molecule has 1 N–H and O–H groups in total. The van der Waals surface area contributed by atoms with E-state index in [2.05, 4.69) is 18.9 Å². The Hall–Kier alpha value is 0.765. The first-order valence-corrected chi connectivity index (χ1v) is 5.04. The van der Waals surface area contributed by atoms with Gasteiger partial charge in [-0.25, -0.2) is 0 Å². The summed E-state index contributed by atoms with van der Waals surface area (Å²) in [4.78, 5) is 0. The van der Waals surface area contributed by atoms with Gasteiger partial charge in [0.15, 0.2) is 0 Å². The third-order valence-corrected chi connectivity index (χ3v) is 3.47. The molecular formula is C6H15BO4P2. The highest BCUT2D eigenvalue weighted by atomic mass is 31.0. The molecule has 7 heteroatoms. The zero-order chi connectivity index (χ0) is 10.1. The van der Waals surface area contributed by atoms with Crippen LogP contribution in [0, 0.1) is 0 Å². The molecule has 0 aliphatic carbocycles. The van der Waals surface area contributed by atoms with Gasteiger partial charge in [-0.1, -0.05) is 0 Å². The Morgan fingerprint density at radius 1 is 1.62 bits per heavy atom. The second-order valence-corrected chi connectivity index (χ2v) is 3.87. The summed E-state index contributed by atoms with van der Waals surface area (Å²) in [6, 6.07) is -0.104. The van der Waals surface area contributed by atoms with Gasteiger partial charge in [0.2, 0.25) is 0 Å². The van der Waals surface area contributed by atoms with Crippen molar-refractivity contribution in [3.8, 4) is 0 Å². The summed E-state index contributed by atoms with van der Waals surface area (Å²) in [7, 11) is 6.30. The van der Waals surface area contributed by atoms with Crippen LogP contribution < -0.4 is 0 Å². The van der Waals surface area contributed by atoms with Gasteiger partial charge in [0.25, 0.3) is 0 Å². The van der Waals surface area contributed by atoms with Crippen molar-refractivity contribution in [2.24, 2.45) is 0 Å². The van der Waals surface area contributed by atoms with E-state index in [1.165, 1.54) is 0 Å². The third-order valence-electron chi connectivity index (χ3n) is 2.67. The van der Waals surface area contributed by atoms with Crippen molar-refractivity contribution in [1.82, 2.24) is 0 Å². The minimum atomic E-state index is -0.528. The van der Waals surface area contributed by atoms with Gasteiger partial charge in [0.1, 0.15) is 25.7 Å². The van der Waals surface area contributed by atoms with Crippen LogP contribution in [0.4, 0.5) is 0 Å². The Morgan fingerprint density at radius 2 is 2.23 bits per heavy atom. The van der Waals surface area contributed by atoms with E-state index in [0.29, 0.717) is 0 Å². The lowest BCUT2D eigenvalue weighted by atomic mass is 9.82. The molecule has 1 aliphatic heterocycles. The Labute approximate surface area is 83.7 Å². The SMILES string of the molecule is B[C@@H]1O[C@H](CO)[C@@H](OP)[C@@]1(C)OP. The van der Waals surface area contributed by atoms with Crippen LogP contribution in [0.15, 0.2) is 0 Å². The Balaban J connectivity index is 2.82. The van der Waals surface area contributed by atoms with Gasteiger partial charge in [-0.2, -0.15) is 0 Å². The summed E-state index contributed by atoms with van der Waals surface area (Å²) in [5.41, 5.74) is -0.528. The molecule has 1 saturated heterocycles. The summed E-state index contributed by atoms with van der Waals surface area (Å²) in [5, 5.41) is 9.04. The fraction of sp³-hybridized carbons (Fsp3) is 1.00. The number of ether oxygens (including phenoxy) is 1. The van der Waals surface area contributed by atoms with Crippen LogP contribution in [-0.4, -0.2) is 43.4 Å². The molecule has 1 heterocycles. The van der Waals surface area contributed by atoms with E-state index in [9.17, 15) is 0 Å². The predicted molar refractivity (Wildman–Crippen MR) is 58.1 cm³/mol. The zero-order valence-corrected chi connectivity index (χ0v) is 10.1. The summed E-state index contributed by atoms with van der Waals surface area (Å²) in [6.45, 7) is 1.84. The minimum Gasteiger partial charge on any atom is -0.394 e. The molecule has 2 unspecified atom stereocenters. The average Bonchev–Trinajstić information content (AvgIpc) is 2.39. The maximum atomic E-state index is 9.04. The highest BCUT2D eigenvalue weighted by Crippen LogP contribution is 2.37. The van der Waals surface area contributed by atoms with E-state index in [-0.39, 0.29) is 24.8 Å². The van der Waals surface area contributed by atoms with E-state index < -0.39 is 5.60 Å². The lowest BCUT2D eigenvalue weighted by Gasteiger charge is -2.31. The molecule has 0 radical (unpaired) electrons. The molecule has 1 rings (SSSR count). The lowest BCUT2D eigenvalue weighted by molar-refractivity contribution is 0.00361. The molecule has 0 spiro atoms. The number of aliphatic hydroxyl groups is 1. The molecule has 0 aromatic rings. The molecule has 0 bridgehead atoms. The second-order valence-electron chi connectivity index (χ2n) is 3.36. The first-order chi connectivity index (χ1) is 6.10. The molecule has 0 aromatic carbocycles. The molecule has 76 valence electrons. The maximum absolute atomic E-state index is 9.04. The van der Waals surface area contributed by atoms with Crippen molar-refractivity contribution in [3.63, 3.8) is 0 Å². The van der Waals surface area contributed by atoms with Gasteiger partial charge in [-0.05, 0) is 6.92 Å². The first-order valence-electron chi connectivity index (χ1n) is 4.10. The lowest BCUT2D eigenvalue weighted by Crippen LogP contribution is -2.46. The molecule has 0 amide bonds. The summed E-state index contributed by atoms with van der Waals surface area (Å²) in [6.07, 6.45) is -0.590. The van der Waals surface area contributed by atoms with Gasteiger partial charge in [0, 0.05) is 18.9 Å². The average molecular weight is 224 g/mol. The number of rotatable bonds is 3. The van der Waals surface area contributed by atoms with Gasteiger partial charge in [0.05, 0.1) is 12.6 Å². The van der Waals surface area contributed by atoms with Gasteiger partial charge in [-0.15, -0.1) is 0 Å². The van der Waals surface area contributed by atoms with Crippen LogP contribution >= 0.6 is 18.9 Å². The van der Waals surface area contributed by atoms with Crippen LogP contribution in [0.3, 0.4) is 0 Å². The van der Waals surface area contributed by atoms with E-state index in [1.807, 2.05) is 14.8 Å². The third kappa shape index (κ3) is 1.92. The van der Waals surface area contributed by atoms with E-state index in [0.717, 1.165) is 0 Å². The highest BCUT2D eigenvalue weighted by Gasteiger charge is 2.52. The summed E-state index contributed by atoms with van der Waals surface area (Å²) >= 11 is 0. The number of hydrogen-bond acceptors (Lipinski definition) is 4. The summed E-state index contributed by atoms with van der Waals surface area (Å²) in [5.74, 6) is 0. The molecule has 13 heavy (non-hydrogen) atoms. The molecular weight excluding hydrogens is 209 g/mol. The van der Waals surface area contributed by atoms with Crippen LogP contribution in [0.5, 0.6) is 0 Å². The van der Waals surface area contributed by atoms with Crippen LogP contribution in [0.1, 0.15) is 6.92 Å². The van der Waals surface area contributed by atoms with E-state index in [4.69, 9.17) is 18.9 Å². The summed E-state index contributed by atoms with van der Waals surface area (Å²) < 4.78 is 16.0. The van der Waals surface area contributed by atoms with Crippen molar-refractivity contribution in [2.75, 3.05) is 6.61 Å². The Morgan fingerprint density at radius 3 is 2.62 bits per heavy atom. The van der Waals surface area contributed by atoms with Gasteiger partial charge < -0.3 is 18.9 Å². The smallest absolute Gasteiger partial charge is 0.143 e. The normalized spacial score (nSPS) is 45.4. The first kappa shape index (κ1) is 11.8. The largest absolute Gasteiger partial charge is 0.394 e.